The van der Waals surface area contributed by atoms with Crippen LogP contribution in [0.25, 0.3) is 0 Å². The lowest BCUT2D eigenvalue weighted by molar-refractivity contribution is 0.0980. The van der Waals surface area contributed by atoms with Crippen LogP contribution in [0.3, 0.4) is 0 Å². The maximum absolute atomic E-state index is 5.60. The van der Waals surface area contributed by atoms with Crippen molar-refractivity contribution in [2.75, 3.05) is 19.8 Å². The Kier molecular flexibility index (Phi) is 6.66. The molecule has 0 saturated heterocycles. The molecule has 16 heavy (non-hydrogen) atoms. The van der Waals surface area contributed by atoms with E-state index in [9.17, 15) is 0 Å². The molecule has 0 heterocycles. The molecule has 0 aliphatic heterocycles. The minimum absolute atomic E-state index is 0.636. The van der Waals surface area contributed by atoms with E-state index in [1.54, 1.807) is 0 Å². The van der Waals surface area contributed by atoms with Crippen LogP contribution in [0.15, 0.2) is 24.3 Å². The number of aryl methyl sites for hydroxylation is 1. The average molecular weight is 222 g/mol. The molecule has 0 fully saturated rings. The maximum atomic E-state index is 5.60. The first-order chi connectivity index (χ1) is 7.86. The zero-order valence-corrected chi connectivity index (χ0v) is 10.4. The van der Waals surface area contributed by atoms with Crippen molar-refractivity contribution in [2.24, 2.45) is 0 Å². The fourth-order valence-electron chi connectivity index (χ4n) is 1.42. The number of unbranched alkanes of at least 4 members (excludes halogenated alkanes) is 1. The third-order valence-electron chi connectivity index (χ3n) is 2.45. The van der Waals surface area contributed by atoms with Gasteiger partial charge in [-0.1, -0.05) is 32.4 Å². The fraction of sp³-hybridized carbons (Fsp3) is 0.571. The Bertz CT molecular complexity index is 284. The molecular weight excluding hydrogens is 200 g/mol. The van der Waals surface area contributed by atoms with Crippen molar-refractivity contribution in [2.45, 2.75) is 33.1 Å². The van der Waals surface area contributed by atoms with Crippen molar-refractivity contribution in [3.05, 3.63) is 29.8 Å². The quantitative estimate of drug-likeness (QED) is 0.627. The first-order valence-electron chi connectivity index (χ1n) is 6.16. The van der Waals surface area contributed by atoms with Gasteiger partial charge in [0.1, 0.15) is 12.4 Å². The molecule has 0 spiro atoms. The molecule has 0 aliphatic carbocycles. The molecule has 2 nitrogen and oxygen atoms in total. The Balaban J connectivity index is 2.16. The standard InChI is InChI=1S/C14H22O2/c1-3-5-9-15-10-11-16-14-8-6-7-13(4-2)12-14/h6-8,12H,3-5,9-11H2,1-2H3. The average Bonchev–Trinajstić information content (AvgIpc) is 2.34. The molecule has 0 bridgehead atoms. The minimum atomic E-state index is 0.636. The minimum Gasteiger partial charge on any atom is -0.491 e. The molecule has 0 unspecified atom stereocenters. The Labute approximate surface area is 98.6 Å². The first-order valence-corrected chi connectivity index (χ1v) is 6.16. The van der Waals surface area contributed by atoms with Crippen molar-refractivity contribution in [3.8, 4) is 5.75 Å². The molecule has 0 saturated carbocycles. The summed E-state index contributed by atoms with van der Waals surface area (Å²) in [4.78, 5) is 0. The molecule has 2 heteroatoms. The van der Waals surface area contributed by atoms with Crippen molar-refractivity contribution in [1.29, 1.82) is 0 Å². The zero-order chi connectivity index (χ0) is 11.6. The van der Waals surface area contributed by atoms with Crippen LogP contribution < -0.4 is 4.74 Å². The van der Waals surface area contributed by atoms with Crippen LogP contribution >= 0.6 is 0 Å². The van der Waals surface area contributed by atoms with Gasteiger partial charge in [0.05, 0.1) is 6.61 Å². The van der Waals surface area contributed by atoms with E-state index in [4.69, 9.17) is 9.47 Å². The molecule has 1 rings (SSSR count). The van der Waals surface area contributed by atoms with Gasteiger partial charge in [-0.25, -0.2) is 0 Å². The second-order valence-electron chi connectivity index (χ2n) is 3.82. The summed E-state index contributed by atoms with van der Waals surface area (Å²) in [6, 6.07) is 8.23. The van der Waals surface area contributed by atoms with Crippen LogP contribution in [-0.4, -0.2) is 19.8 Å². The van der Waals surface area contributed by atoms with E-state index in [2.05, 4.69) is 26.0 Å². The maximum Gasteiger partial charge on any atom is 0.119 e. The van der Waals surface area contributed by atoms with Gasteiger partial charge >= 0.3 is 0 Å². The molecule has 0 amide bonds. The predicted molar refractivity (Wildman–Crippen MR) is 67.0 cm³/mol. The summed E-state index contributed by atoms with van der Waals surface area (Å²) in [6.07, 6.45) is 3.36. The van der Waals surface area contributed by atoms with Crippen LogP contribution in [0.4, 0.5) is 0 Å². The summed E-state index contributed by atoms with van der Waals surface area (Å²) in [5, 5.41) is 0. The van der Waals surface area contributed by atoms with Gasteiger partial charge in [0.15, 0.2) is 0 Å². The SMILES string of the molecule is CCCCOCCOc1cccc(CC)c1. The lowest BCUT2D eigenvalue weighted by atomic mass is 10.2. The van der Waals surface area contributed by atoms with E-state index in [-0.39, 0.29) is 0 Å². The van der Waals surface area contributed by atoms with Crippen molar-refractivity contribution in [3.63, 3.8) is 0 Å². The van der Waals surface area contributed by atoms with E-state index in [0.29, 0.717) is 13.2 Å². The van der Waals surface area contributed by atoms with E-state index < -0.39 is 0 Å². The van der Waals surface area contributed by atoms with Gasteiger partial charge in [-0.15, -0.1) is 0 Å². The Morgan fingerprint density at radius 1 is 1.06 bits per heavy atom. The summed E-state index contributed by atoms with van der Waals surface area (Å²) in [7, 11) is 0. The van der Waals surface area contributed by atoms with Gasteiger partial charge < -0.3 is 9.47 Å². The Morgan fingerprint density at radius 3 is 2.69 bits per heavy atom. The monoisotopic (exact) mass is 222 g/mol. The van der Waals surface area contributed by atoms with Crippen molar-refractivity contribution in [1.82, 2.24) is 0 Å². The molecular formula is C14H22O2. The summed E-state index contributed by atoms with van der Waals surface area (Å²) < 4.78 is 11.0. The Morgan fingerprint density at radius 2 is 1.94 bits per heavy atom. The van der Waals surface area contributed by atoms with E-state index in [1.165, 1.54) is 12.0 Å². The second-order valence-corrected chi connectivity index (χ2v) is 3.82. The third kappa shape index (κ3) is 5.17. The van der Waals surface area contributed by atoms with Gasteiger partial charge in [-0.3, -0.25) is 0 Å². The largest absolute Gasteiger partial charge is 0.491 e. The van der Waals surface area contributed by atoms with Gasteiger partial charge in [0, 0.05) is 6.61 Å². The van der Waals surface area contributed by atoms with E-state index >= 15 is 0 Å². The third-order valence-corrected chi connectivity index (χ3v) is 2.45. The van der Waals surface area contributed by atoms with Gasteiger partial charge in [-0.05, 0) is 30.5 Å². The zero-order valence-electron chi connectivity index (χ0n) is 10.4. The molecule has 0 atom stereocenters. The number of hydrogen-bond donors (Lipinski definition) is 0. The molecule has 1 aromatic rings. The van der Waals surface area contributed by atoms with Crippen LogP contribution in [0.2, 0.25) is 0 Å². The highest BCUT2D eigenvalue weighted by atomic mass is 16.5. The molecule has 0 radical (unpaired) electrons. The highest BCUT2D eigenvalue weighted by Gasteiger charge is 1.95. The lowest BCUT2D eigenvalue weighted by Gasteiger charge is -2.07. The van der Waals surface area contributed by atoms with Crippen molar-refractivity contribution >= 4 is 0 Å². The normalized spacial score (nSPS) is 10.4. The highest BCUT2D eigenvalue weighted by Crippen LogP contribution is 2.13. The molecule has 1 aromatic carbocycles. The van der Waals surface area contributed by atoms with Crippen LogP contribution in [0.1, 0.15) is 32.3 Å². The topological polar surface area (TPSA) is 18.5 Å². The van der Waals surface area contributed by atoms with Crippen LogP contribution in [0.5, 0.6) is 5.75 Å². The highest BCUT2D eigenvalue weighted by molar-refractivity contribution is 5.28. The van der Waals surface area contributed by atoms with Crippen LogP contribution in [0, 0.1) is 0 Å². The number of rotatable bonds is 8. The second kappa shape index (κ2) is 8.17. The summed E-state index contributed by atoms with van der Waals surface area (Å²) in [5.74, 6) is 0.943. The van der Waals surface area contributed by atoms with E-state index in [0.717, 1.165) is 25.2 Å². The van der Waals surface area contributed by atoms with Crippen molar-refractivity contribution < 1.29 is 9.47 Å². The summed E-state index contributed by atoms with van der Waals surface area (Å²) in [6.45, 7) is 6.46. The summed E-state index contributed by atoms with van der Waals surface area (Å²) in [5.41, 5.74) is 1.31. The fourth-order valence-corrected chi connectivity index (χ4v) is 1.42. The smallest absolute Gasteiger partial charge is 0.119 e. The number of ether oxygens (including phenoxy) is 2. The Hall–Kier alpha value is -1.02. The lowest BCUT2D eigenvalue weighted by Crippen LogP contribution is -2.07. The molecule has 0 aliphatic rings. The number of benzene rings is 1. The molecule has 0 aromatic heterocycles. The summed E-state index contributed by atoms with van der Waals surface area (Å²) >= 11 is 0. The van der Waals surface area contributed by atoms with Gasteiger partial charge in [0.25, 0.3) is 0 Å². The van der Waals surface area contributed by atoms with E-state index in [1.807, 2.05) is 12.1 Å². The molecule has 0 N–H and O–H groups in total. The molecule has 90 valence electrons. The van der Waals surface area contributed by atoms with Gasteiger partial charge in [-0.2, -0.15) is 0 Å². The van der Waals surface area contributed by atoms with Gasteiger partial charge in [0.2, 0.25) is 0 Å². The first kappa shape index (κ1) is 13.0. The van der Waals surface area contributed by atoms with Crippen LogP contribution in [-0.2, 0) is 11.2 Å². The predicted octanol–water partition coefficient (Wildman–Crippen LogP) is 3.44. The number of hydrogen-bond acceptors (Lipinski definition) is 2.